The molecule has 3 nitrogen and oxygen atoms in total. The Kier molecular flexibility index (Phi) is 2.63. The number of hydrogen-bond donors (Lipinski definition) is 0. The van der Waals surface area contributed by atoms with E-state index in [-0.39, 0.29) is 0 Å². The molecule has 72 valence electrons. The SMILES string of the molecule is CCn1c(Br)cnc1-c1cccnc1. The van der Waals surface area contributed by atoms with Crippen LogP contribution in [0.4, 0.5) is 0 Å². The predicted octanol–water partition coefficient (Wildman–Crippen LogP) is 2.73. The van der Waals surface area contributed by atoms with E-state index in [0.29, 0.717) is 0 Å². The number of aromatic nitrogens is 3. The summed E-state index contributed by atoms with van der Waals surface area (Å²) in [5.74, 6) is 0.951. The van der Waals surface area contributed by atoms with Crippen molar-refractivity contribution in [1.82, 2.24) is 14.5 Å². The highest BCUT2D eigenvalue weighted by atomic mass is 79.9. The molecule has 2 rings (SSSR count). The maximum atomic E-state index is 4.33. The first-order valence-electron chi connectivity index (χ1n) is 4.44. The van der Waals surface area contributed by atoms with E-state index in [1.165, 1.54) is 0 Å². The second kappa shape index (κ2) is 3.92. The highest BCUT2D eigenvalue weighted by Gasteiger charge is 2.07. The maximum absolute atomic E-state index is 4.33. The van der Waals surface area contributed by atoms with Crippen LogP contribution in [0.1, 0.15) is 6.92 Å². The fourth-order valence-electron chi connectivity index (χ4n) is 1.38. The van der Waals surface area contributed by atoms with Crippen LogP contribution >= 0.6 is 15.9 Å². The third kappa shape index (κ3) is 1.57. The van der Waals surface area contributed by atoms with E-state index in [2.05, 4.69) is 37.4 Å². The van der Waals surface area contributed by atoms with Gasteiger partial charge in [0.1, 0.15) is 10.4 Å². The van der Waals surface area contributed by atoms with Crippen molar-refractivity contribution < 1.29 is 0 Å². The Morgan fingerprint density at radius 2 is 2.29 bits per heavy atom. The third-order valence-electron chi connectivity index (χ3n) is 2.04. The van der Waals surface area contributed by atoms with Crippen molar-refractivity contribution in [3.63, 3.8) is 0 Å². The summed E-state index contributed by atoms with van der Waals surface area (Å²) >= 11 is 3.45. The summed E-state index contributed by atoms with van der Waals surface area (Å²) in [6.07, 6.45) is 5.39. The molecule has 0 fully saturated rings. The lowest BCUT2D eigenvalue weighted by molar-refractivity contribution is 0.754. The second-order valence-corrected chi connectivity index (χ2v) is 3.70. The summed E-state index contributed by atoms with van der Waals surface area (Å²) in [7, 11) is 0. The van der Waals surface area contributed by atoms with Crippen LogP contribution in [0.25, 0.3) is 11.4 Å². The molecular formula is C10H10BrN3. The lowest BCUT2D eigenvalue weighted by Crippen LogP contribution is -1.97. The largest absolute Gasteiger partial charge is 0.319 e. The molecule has 0 unspecified atom stereocenters. The van der Waals surface area contributed by atoms with Gasteiger partial charge >= 0.3 is 0 Å². The van der Waals surface area contributed by atoms with Crippen molar-refractivity contribution in [3.05, 3.63) is 35.3 Å². The molecular weight excluding hydrogens is 242 g/mol. The molecule has 2 heterocycles. The van der Waals surface area contributed by atoms with E-state index in [1.807, 2.05) is 24.5 Å². The Labute approximate surface area is 90.9 Å². The Balaban J connectivity index is 2.52. The summed E-state index contributed by atoms with van der Waals surface area (Å²) in [4.78, 5) is 8.41. The summed E-state index contributed by atoms with van der Waals surface area (Å²) in [6.45, 7) is 2.98. The summed E-state index contributed by atoms with van der Waals surface area (Å²) in [5.41, 5.74) is 1.04. The van der Waals surface area contributed by atoms with Crippen LogP contribution < -0.4 is 0 Å². The van der Waals surface area contributed by atoms with Crippen LogP contribution in [0.5, 0.6) is 0 Å². The third-order valence-corrected chi connectivity index (χ3v) is 2.68. The molecule has 0 atom stereocenters. The zero-order chi connectivity index (χ0) is 9.97. The van der Waals surface area contributed by atoms with Gasteiger partial charge in [0.25, 0.3) is 0 Å². The van der Waals surface area contributed by atoms with E-state index in [9.17, 15) is 0 Å². The van der Waals surface area contributed by atoms with Crippen molar-refractivity contribution in [2.45, 2.75) is 13.5 Å². The maximum Gasteiger partial charge on any atom is 0.142 e. The number of hydrogen-bond acceptors (Lipinski definition) is 2. The van der Waals surface area contributed by atoms with Gasteiger partial charge in [-0.15, -0.1) is 0 Å². The predicted molar refractivity (Wildman–Crippen MR) is 58.8 cm³/mol. The van der Waals surface area contributed by atoms with E-state index in [1.54, 1.807) is 6.20 Å². The smallest absolute Gasteiger partial charge is 0.142 e. The first-order chi connectivity index (χ1) is 6.83. The van der Waals surface area contributed by atoms with Gasteiger partial charge in [0.2, 0.25) is 0 Å². The molecule has 2 aromatic heterocycles. The average molecular weight is 252 g/mol. The molecule has 0 aliphatic heterocycles. The van der Waals surface area contributed by atoms with Gasteiger partial charge in [-0.1, -0.05) is 0 Å². The van der Waals surface area contributed by atoms with Crippen molar-refractivity contribution in [2.75, 3.05) is 0 Å². The Hall–Kier alpha value is -1.16. The quantitative estimate of drug-likeness (QED) is 0.822. The van der Waals surface area contributed by atoms with Crippen LogP contribution in [0.15, 0.2) is 35.3 Å². The minimum Gasteiger partial charge on any atom is -0.319 e. The average Bonchev–Trinajstić information content (AvgIpc) is 2.61. The van der Waals surface area contributed by atoms with Gasteiger partial charge in [-0.05, 0) is 35.0 Å². The molecule has 0 saturated carbocycles. The number of rotatable bonds is 2. The normalized spacial score (nSPS) is 10.4. The van der Waals surface area contributed by atoms with E-state index in [4.69, 9.17) is 0 Å². The first-order valence-corrected chi connectivity index (χ1v) is 5.23. The lowest BCUT2D eigenvalue weighted by atomic mass is 10.3. The zero-order valence-corrected chi connectivity index (χ0v) is 9.40. The standard InChI is InChI=1S/C10H10BrN3/c1-2-14-9(11)7-13-10(14)8-4-3-5-12-6-8/h3-7H,2H2,1H3. The van der Waals surface area contributed by atoms with Gasteiger partial charge < -0.3 is 4.57 Å². The van der Waals surface area contributed by atoms with Crippen molar-refractivity contribution in [3.8, 4) is 11.4 Å². The van der Waals surface area contributed by atoms with Crippen molar-refractivity contribution in [1.29, 1.82) is 0 Å². The first kappa shape index (κ1) is 9.40. The monoisotopic (exact) mass is 251 g/mol. The number of halogens is 1. The van der Waals surface area contributed by atoms with Gasteiger partial charge in [-0.3, -0.25) is 4.98 Å². The second-order valence-electron chi connectivity index (χ2n) is 2.89. The summed E-state index contributed by atoms with van der Waals surface area (Å²) in [6, 6.07) is 3.92. The van der Waals surface area contributed by atoms with Gasteiger partial charge in [0.05, 0.1) is 6.20 Å². The Bertz CT molecular complexity index is 422. The molecule has 4 heteroatoms. The van der Waals surface area contributed by atoms with Crippen molar-refractivity contribution in [2.24, 2.45) is 0 Å². The number of nitrogens with zero attached hydrogens (tertiary/aromatic N) is 3. The van der Waals surface area contributed by atoms with E-state index < -0.39 is 0 Å². The van der Waals surface area contributed by atoms with Crippen LogP contribution in [0.3, 0.4) is 0 Å². The van der Waals surface area contributed by atoms with Crippen LogP contribution in [-0.2, 0) is 6.54 Å². The molecule has 0 aliphatic carbocycles. The number of imidazole rings is 1. The van der Waals surface area contributed by atoms with Crippen LogP contribution in [-0.4, -0.2) is 14.5 Å². The molecule has 0 radical (unpaired) electrons. The van der Waals surface area contributed by atoms with Crippen LogP contribution in [0, 0.1) is 0 Å². The molecule has 14 heavy (non-hydrogen) atoms. The van der Waals surface area contributed by atoms with E-state index >= 15 is 0 Å². The molecule has 0 saturated heterocycles. The molecule has 0 bridgehead atoms. The molecule has 0 spiro atoms. The van der Waals surface area contributed by atoms with Gasteiger partial charge in [-0.2, -0.15) is 0 Å². The highest BCUT2D eigenvalue weighted by molar-refractivity contribution is 9.10. The minimum absolute atomic E-state index is 0.894. The van der Waals surface area contributed by atoms with Gasteiger partial charge in [-0.25, -0.2) is 4.98 Å². The summed E-state index contributed by atoms with van der Waals surface area (Å²) in [5, 5.41) is 0. The van der Waals surface area contributed by atoms with Crippen LogP contribution in [0.2, 0.25) is 0 Å². The summed E-state index contributed by atoms with van der Waals surface area (Å²) < 4.78 is 3.09. The van der Waals surface area contributed by atoms with Gasteiger partial charge in [0, 0.05) is 24.5 Å². The Morgan fingerprint density at radius 1 is 1.43 bits per heavy atom. The van der Waals surface area contributed by atoms with E-state index in [0.717, 1.165) is 22.5 Å². The lowest BCUT2D eigenvalue weighted by Gasteiger charge is -2.04. The zero-order valence-electron chi connectivity index (χ0n) is 7.81. The fraction of sp³-hybridized carbons (Fsp3) is 0.200. The molecule has 2 aromatic rings. The van der Waals surface area contributed by atoms with Crippen molar-refractivity contribution >= 4 is 15.9 Å². The molecule has 0 aromatic carbocycles. The number of pyridine rings is 1. The minimum atomic E-state index is 0.894. The molecule has 0 aliphatic rings. The highest BCUT2D eigenvalue weighted by Crippen LogP contribution is 2.21. The molecule has 0 amide bonds. The van der Waals surface area contributed by atoms with Gasteiger partial charge in [0.15, 0.2) is 0 Å². The topological polar surface area (TPSA) is 30.7 Å². The fourth-order valence-corrected chi connectivity index (χ4v) is 1.90. The Morgan fingerprint density at radius 3 is 2.93 bits per heavy atom. The molecule has 0 N–H and O–H groups in total.